The molecule has 5 heteroatoms. The van der Waals surface area contributed by atoms with E-state index < -0.39 is 0 Å². The number of rotatable bonds is 4. The largest absolute Gasteiger partial charge is 0.310 e. The summed E-state index contributed by atoms with van der Waals surface area (Å²) in [6.07, 6.45) is 0.233. The zero-order valence-electron chi connectivity index (χ0n) is 14.3. The fraction of sp³-hybridized carbons (Fsp3) is 0.0952. The molecule has 0 saturated heterocycles. The molecule has 0 aliphatic heterocycles. The van der Waals surface area contributed by atoms with Crippen LogP contribution in [-0.2, 0) is 11.2 Å². The molecule has 0 aliphatic rings. The number of carbonyl (C=O) groups is 1. The van der Waals surface area contributed by atoms with Crippen LogP contribution in [0.4, 0.5) is 5.82 Å². The smallest absolute Gasteiger partial charge is 0.231 e. The fourth-order valence-electron chi connectivity index (χ4n) is 2.70. The lowest BCUT2D eigenvalue weighted by Crippen LogP contribution is -2.15. The lowest BCUT2D eigenvalue weighted by molar-refractivity contribution is -0.115. The van der Waals surface area contributed by atoms with Gasteiger partial charge in [-0.1, -0.05) is 48.0 Å². The first kappa shape index (κ1) is 16.4. The van der Waals surface area contributed by atoms with Crippen LogP contribution in [0.1, 0.15) is 11.3 Å². The van der Waals surface area contributed by atoms with Gasteiger partial charge in [0.15, 0.2) is 0 Å². The van der Waals surface area contributed by atoms with Gasteiger partial charge in [0.1, 0.15) is 10.8 Å². The predicted molar refractivity (Wildman–Crippen MR) is 106 cm³/mol. The molecule has 26 heavy (non-hydrogen) atoms. The molecule has 0 unspecified atom stereocenters. The van der Waals surface area contributed by atoms with E-state index in [-0.39, 0.29) is 12.3 Å². The van der Waals surface area contributed by atoms with Crippen LogP contribution < -0.4 is 5.32 Å². The number of fused-ring (bicyclic) bond motifs is 1. The first-order valence-electron chi connectivity index (χ1n) is 8.34. The highest BCUT2D eigenvalue weighted by Crippen LogP contribution is 2.24. The van der Waals surface area contributed by atoms with Crippen molar-refractivity contribution in [2.75, 3.05) is 5.32 Å². The minimum absolute atomic E-state index is 0.117. The monoisotopic (exact) mass is 359 g/mol. The third-order valence-electron chi connectivity index (χ3n) is 4.06. The summed E-state index contributed by atoms with van der Waals surface area (Å²) in [5.41, 5.74) is 3.92. The van der Waals surface area contributed by atoms with Crippen molar-refractivity contribution in [2.45, 2.75) is 13.3 Å². The number of nitrogens with zero attached hydrogens (tertiary/aromatic N) is 2. The van der Waals surface area contributed by atoms with Crippen molar-refractivity contribution < 1.29 is 4.79 Å². The molecule has 1 amide bonds. The van der Waals surface area contributed by atoms with E-state index in [1.807, 2.05) is 41.8 Å². The number of para-hydroxylation sites is 1. The molecule has 4 rings (SSSR count). The number of hydrogen-bond donors (Lipinski definition) is 1. The number of pyridine rings is 1. The van der Waals surface area contributed by atoms with Crippen molar-refractivity contribution in [3.05, 3.63) is 77.3 Å². The van der Waals surface area contributed by atoms with E-state index in [9.17, 15) is 4.79 Å². The molecule has 0 bridgehead atoms. The average Bonchev–Trinajstić information content (AvgIpc) is 3.10. The second-order valence-corrected chi connectivity index (χ2v) is 6.98. The van der Waals surface area contributed by atoms with E-state index in [1.165, 1.54) is 5.56 Å². The van der Waals surface area contributed by atoms with E-state index in [0.717, 1.165) is 27.2 Å². The Balaban J connectivity index is 1.45. The molecular weight excluding hydrogens is 342 g/mol. The van der Waals surface area contributed by atoms with E-state index in [1.54, 1.807) is 11.3 Å². The molecule has 128 valence electrons. The SMILES string of the molecule is Cc1ccc(-c2nc(CC(=O)Nc3ccc4ccccc4n3)cs2)cc1. The summed E-state index contributed by atoms with van der Waals surface area (Å²) in [5.74, 6) is 0.441. The molecule has 2 aromatic carbocycles. The van der Waals surface area contributed by atoms with Crippen molar-refractivity contribution in [3.8, 4) is 10.6 Å². The van der Waals surface area contributed by atoms with Gasteiger partial charge in [0.25, 0.3) is 0 Å². The number of carbonyl (C=O) groups excluding carboxylic acids is 1. The van der Waals surface area contributed by atoms with Crippen LogP contribution >= 0.6 is 11.3 Å². The minimum Gasteiger partial charge on any atom is -0.310 e. The molecule has 1 N–H and O–H groups in total. The molecule has 2 aromatic heterocycles. The number of nitrogens with one attached hydrogen (secondary N) is 1. The maximum Gasteiger partial charge on any atom is 0.231 e. The number of aryl methyl sites for hydroxylation is 1. The van der Waals surface area contributed by atoms with Gasteiger partial charge < -0.3 is 5.32 Å². The molecule has 0 aliphatic carbocycles. The Morgan fingerprint density at radius 3 is 2.65 bits per heavy atom. The molecule has 0 fully saturated rings. The average molecular weight is 359 g/mol. The van der Waals surface area contributed by atoms with Crippen molar-refractivity contribution in [1.82, 2.24) is 9.97 Å². The Morgan fingerprint density at radius 2 is 1.81 bits per heavy atom. The first-order chi connectivity index (χ1) is 12.7. The Labute approximate surface area is 155 Å². The summed E-state index contributed by atoms with van der Waals surface area (Å²) in [5, 5.41) is 6.76. The van der Waals surface area contributed by atoms with Crippen molar-refractivity contribution >= 4 is 34.0 Å². The zero-order chi connectivity index (χ0) is 17.9. The zero-order valence-corrected chi connectivity index (χ0v) is 15.1. The Bertz CT molecular complexity index is 1070. The highest BCUT2D eigenvalue weighted by molar-refractivity contribution is 7.13. The van der Waals surface area contributed by atoms with Crippen molar-refractivity contribution in [2.24, 2.45) is 0 Å². The third kappa shape index (κ3) is 3.63. The van der Waals surface area contributed by atoms with E-state index in [0.29, 0.717) is 5.82 Å². The standard InChI is InChI=1S/C21H17N3OS/c1-14-6-8-16(9-7-14)21-22-17(13-26-21)12-20(25)24-19-11-10-15-4-2-3-5-18(15)23-19/h2-11,13H,12H2,1H3,(H,23,24,25). The van der Waals surface area contributed by atoms with Gasteiger partial charge in [-0.3, -0.25) is 4.79 Å². The number of hydrogen-bond acceptors (Lipinski definition) is 4. The molecular formula is C21H17N3OS. The number of amides is 1. The van der Waals surface area contributed by atoms with Gasteiger partial charge in [0.2, 0.25) is 5.91 Å². The minimum atomic E-state index is -0.117. The van der Waals surface area contributed by atoms with Crippen LogP contribution in [0.5, 0.6) is 0 Å². The Kier molecular flexibility index (Phi) is 4.46. The normalized spacial score (nSPS) is 10.8. The maximum atomic E-state index is 12.3. The second-order valence-electron chi connectivity index (χ2n) is 6.12. The Hall–Kier alpha value is -3.05. The second kappa shape index (κ2) is 7.06. The van der Waals surface area contributed by atoms with Crippen molar-refractivity contribution in [3.63, 3.8) is 0 Å². The summed E-state index contributed by atoms with van der Waals surface area (Å²) >= 11 is 1.55. The van der Waals surface area contributed by atoms with Crippen LogP contribution in [-0.4, -0.2) is 15.9 Å². The van der Waals surface area contributed by atoms with E-state index in [4.69, 9.17) is 0 Å². The number of benzene rings is 2. The van der Waals surface area contributed by atoms with Crippen LogP contribution in [0.25, 0.3) is 21.5 Å². The highest BCUT2D eigenvalue weighted by Gasteiger charge is 2.10. The molecule has 0 saturated carbocycles. The van der Waals surface area contributed by atoms with Crippen LogP contribution in [0.15, 0.2) is 66.0 Å². The quantitative estimate of drug-likeness (QED) is 0.567. The number of anilines is 1. The number of aromatic nitrogens is 2. The first-order valence-corrected chi connectivity index (χ1v) is 9.22. The summed E-state index contributed by atoms with van der Waals surface area (Å²) in [6.45, 7) is 2.06. The lowest BCUT2D eigenvalue weighted by Gasteiger charge is -2.04. The molecule has 0 atom stereocenters. The lowest BCUT2D eigenvalue weighted by atomic mass is 10.2. The number of thiazole rings is 1. The van der Waals surface area contributed by atoms with E-state index >= 15 is 0 Å². The van der Waals surface area contributed by atoms with Gasteiger partial charge >= 0.3 is 0 Å². The topological polar surface area (TPSA) is 54.9 Å². The van der Waals surface area contributed by atoms with Gasteiger partial charge in [0, 0.05) is 16.3 Å². The Morgan fingerprint density at radius 1 is 1.00 bits per heavy atom. The predicted octanol–water partition coefficient (Wildman–Crippen LogP) is 4.85. The van der Waals surface area contributed by atoms with Crippen LogP contribution in [0.3, 0.4) is 0 Å². The summed E-state index contributed by atoms with van der Waals surface area (Å²) in [7, 11) is 0. The molecule has 0 radical (unpaired) electrons. The van der Waals surface area contributed by atoms with Gasteiger partial charge in [-0.05, 0) is 25.1 Å². The molecule has 4 nitrogen and oxygen atoms in total. The van der Waals surface area contributed by atoms with Gasteiger partial charge in [-0.15, -0.1) is 11.3 Å². The van der Waals surface area contributed by atoms with Gasteiger partial charge in [-0.25, -0.2) is 9.97 Å². The van der Waals surface area contributed by atoms with Crippen LogP contribution in [0.2, 0.25) is 0 Å². The van der Waals surface area contributed by atoms with Crippen molar-refractivity contribution in [1.29, 1.82) is 0 Å². The highest BCUT2D eigenvalue weighted by atomic mass is 32.1. The molecule has 0 spiro atoms. The van der Waals surface area contributed by atoms with Gasteiger partial charge in [0.05, 0.1) is 17.6 Å². The summed E-state index contributed by atoms with van der Waals surface area (Å²) in [4.78, 5) is 21.4. The summed E-state index contributed by atoms with van der Waals surface area (Å²) < 4.78 is 0. The van der Waals surface area contributed by atoms with Gasteiger partial charge in [-0.2, -0.15) is 0 Å². The molecule has 4 aromatic rings. The van der Waals surface area contributed by atoms with Crippen LogP contribution in [0, 0.1) is 6.92 Å². The van der Waals surface area contributed by atoms with E-state index in [2.05, 4.69) is 46.5 Å². The maximum absolute atomic E-state index is 12.3. The third-order valence-corrected chi connectivity index (χ3v) is 5.00. The fourth-order valence-corrected chi connectivity index (χ4v) is 3.53. The molecule has 2 heterocycles. The summed E-state index contributed by atoms with van der Waals surface area (Å²) in [6, 6.07) is 19.8.